The fourth-order valence-corrected chi connectivity index (χ4v) is 3.46. The summed E-state index contributed by atoms with van der Waals surface area (Å²) in [5.74, 6) is 0.0655. The molecule has 0 saturated carbocycles. The Morgan fingerprint density at radius 1 is 1.25 bits per heavy atom. The van der Waals surface area contributed by atoms with Gasteiger partial charge in [0.15, 0.2) is 12.3 Å². The van der Waals surface area contributed by atoms with Crippen LogP contribution in [0.1, 0.15) is 16.4 Å². The third kappa shape index (κ3) is 2.83. The third-order valence-electron chi connectivity index (χ3n) is 3.24. The number of thiophene rings is 1. The average molecular weight is 405 g/mol. The van der Waals surface area contributed by atoms with E-state index in [4.69, 9.17) is 9.15 Å². The maximum atomic E-state index is 12.2. The van der Waals surface area contributed by atoms with Gasteiger partial charge in [-0.25, -0.2) is 4.79 Å². The number of esters is 1. The Labute approximate surface area is 147 Å². The summed E-state index contributed by atoms with van der Waals surface area (Å²) in [5, 5.41) is 15.3. The second-order valence-corrected chi connectivity index (χ2v) is 7.26. The number of para-hydroxylation sites is 1. The zero-order valence-corrected chi connectivity index (χ0v) is 14.4. The van der Waals surface area contributed by atoms with Gasteiger partial charge in [-0.05, 0) is 34.1 Å². The van der Waals surface area contributed by atoms with Crippen LogP contribution in [-0.2, 0) is 11.3 Å². The summed E-state index contributed by atoms with van der Waals surface area (Å²) in [6.07, 6.45) is 0. The minimum atomic E-state index is -0.550. The summed E-state index contributed by atoms with van der Waals surface area (Å²) in [7, 11) is 0. The number of aromatic amines is 1. The van der Waals surface area contributed by atoms with Crippen LogP contribution >= 0.6 is 27.3 Å². The molecule has 3 heterocycles. The van der Waals surface area contributed by atoms with E-state index in [2.05, 4.69) is 36.3 Å². The topological polar surface area (TPSA) is 93.9 Å². The smallest absolute Gasteiger partial charge is 0.359 e. The van der Waals surface area contributed by atoms with E-state index in [1.54, 1.807) is 6.07 Å². The predicted molar refractivity (Wildman–Crippen MR) is 90.5 cm³/mol. The summed E-state index contributed by atoms with van der Waals surface area (Å²) in [5.41, 5.74) is 1.00. The molecule has 4 aromatic rings. The van der Waals surface area contributed by atoms with Crippen LogP contribution in [0.25, 0.3) is 21.7 Å². The molecular weight excluding hydrogens is 396 g/mol. The lowest BCUT2D eigenvalue weighted by Gasteiger charge is -1.99. The largest absolute Gasteiger partial charge is 0.451 e. The van der Waals surface area contributed by atoms with E-state index in [-0.39, 0.29) is 18.2 Å². The molecule has 1 N–H and O–H groups in total. The van der Waals surface area contributed by atoms with Gasteiger partial charge in [0.2, 0.25) is 0 Å². The number of halogens is 1. The molecule has 4 rings (SSSR count). The lowest BCUT2D eigenvalue weighted by atomic mass is 10.2. The van der Waals surface area contributed by atoms with Crippen LogP contribution < -0.4 is 0 Å². The summed E-state index contributed by atoms with van der Waals surface area (Å²) in [6, 6.07) is 11.1. The lowest BCUT2D eigenvalue weighted by molar-refractivity contribution is 0.0434. The van der Waals surface area contributed by atoms with Gasteiger partial charge < -0.3 is 9.15 Å². The number of H-pyrrole nitrogens is 1. The fourth-order valence-electron chi connectivity index (χ4n) is 2.16. The highest BCUT2D eigenvalue weighted by atomic mass is 79.9. The van der Waals surface area contributed by atoms with Crippen LogP contribution in [0.5, 0.6) is 0 Å². The summed E-state index contributed by atoms with van der Waals surface area (Å²) >= 11 is 4.85. The van der Waals surface area contributed by atoms with E-state index in [0.29, 0.717) is 11.3 Å². The van der Waals surface area contributed by atoms with Crippen molar-refractivity contribution in [1.82, 2.24) is 20.4 Å². The summed E-state index contributed by atoms with van der Waals surface area (Å²) in [4.78, 5) is 13.0. The SMILES string of the molecule is O=C(OCc1nnc(-c2ccc(Br)s2)o1)c1n[nH]c2ccccc12. The monoisotopic (exact) mass is 404 g/mol. The minimum Gasteiger partial charge on any atom is -0.451 e. The first-order valence-corrected chi connectivity index (χ1v) is 8.50. The van der Waals surface area contributed by atoms with Gasteiger partial charge in [0, 0.05) is 5.39 Å². The van der Waals surface area contributed by atoms with E-state index >= 15 is 0 Å². The van der Waals surface area contributed by atoms with E-state index in [1.165, 1.54) is 11.3 Å². The van der Waals surface area contributed by atoms with Crippen molar-refractivity contribution in [1.29, 1.82) is 0 Å². The molecule has 0 radical (unpaired) electrons. The zero-order valence-electron chi connectivity index (χ0n) is 12.0. The molecular formula is C15H9BrN4O3S. The molecule has 7 nitrogen and oxygen atoms in total. The van der Waals surface area contributed by atoms with Crippen molar-refractivity contribution >= 4 is 44.1 Å². The Balaban J connectivity index is 1.47. The summed E-state index contributed by atoms with van der Waals surface area (Å²) in [6.45, 7) is -0.112. The van der Waals surface area contributed by atoms with E-state index < -0.39 is 5.97 Å². The average Bonchev–Trinajstić information content (AvgIpc) is 3.31. The van der Waals surface area contributed by atoms with Gasteiger partial charge in [-0.15, -0.1) is 21.5 Å². The number of benzene rings is 1. The van der Waals surface area contributed by atoms with Crippen molar-refractivity contribution in [3.63, 3.8) is 0 Å². The number of ether oxygens (including phenoxy) is 1. The number of nitrogens with one attached hydrogen (secondary N) is 1. The molecule has 120 valence electrons. The number of carbonyl (C=O) groups excluding carboxylic acids is 1. The lowest BCUT2D eigenvalue weighted by Crippen LogP contribution is -2.06. The van der Waals surface area contributed by atoms with Gasteiger partial charge in [0.05, 0.1) is 14.2 Å². The van der Waals surface area contributed by atoms with Crippen molar-refractivity contribution in [2.75, 3.05) is 0 Å². The molecule has 0 fully saturated rings. The molecule has 3 aromatic heterocycles. The quantitative estimate of drug-likeness (QED) is 0.519. The molecule has 0 aliphatic carbocycles. The van der Waals surface area contributed by atoms with Crippen molar-refractivity contribution in [2.45, 2.75) is 6.61 Å². The zero-order chi connectivity index (χ0) is 16.5. The molecule has 0 unspecified atom stereocenters. The van der Waals surface area contributed by atoms with Crippen molar-refractivity contribution in [2.24, 2.45) is 0 Å². The Morgan fingerprint density at radius 2 is 2.12 bits per heavy atom. The van der Waals surface area contributed by atoms with Crippen LogP contribution in [0.2, 0.25) is 0 Å². The molecule has 24 heavy (non-hydrogen) atoms. The number of carbonyl (C=O) groups is 1. The molecule has 0 aliphatic rings. The number of fused-ring (bicyclic) bond motifs is 1. The van der Waals surface area contributed by atoms with E-state index in [1.807, 2.05) is 30.3 Å². The molecule has 0 aliphatic heterocycles. The van der Waals surface area contributed by atoms with Gasteiger partial charge in [-0.1, -0.05) is 18.2 Å². The standard InChI is InChI=1S/C15H9BrN4O3S/c16-11-6-5-10(24-11)14-20-18-12(23-14)7-22-15(21)13-8-3-1-2-4-9(8)17-19-13/h1-6H,7H2,(H,17,19). The Kier molecular flexibility index (Phi) is 3.87. The molecule has 0 amide bonds. The van der Waals surface area contributed by atoms with Gasteiger partial charge in [-0.3, -0.25) is 5.10 Å². The second kappa shape index (κ2) is 6.17. The first-order valence-electron chi connectivity index (χ1n) is 6.89. The number of hydrogen-bond donors (Lipinski definition) is 1. The van der Waals surface area contributed by atoms with Crippen LogP contribution in [0.4, 0.5) is 0 Å². The number of aromatic nitrogens is 4. The highest BCUT2D eigenvalue weighted by Crippen LogP contribution is 2.30. The molecule has 0 spiro atoms. The van der Waals surface area contributed by atoms with Gasteiger partial charge in [-0.2, -0.15) is 5.10 Å². The first-order chi connectivity index (χ1) is 11.7. The fraction of sp³-hybridized carbons (Fsp3) is 0.0667. The minimum absolute atomic E-state index is 0.112. The highest BCUT2D eigenvalue weighted by molar-refractivity contribution is 9.11. The van der Waals surface area contributed by atoms with Crippen LogP contribution in [0, 0.1) is 0 Å². The van der Waals surface area contributed by atoms with Crippen molar-refractivity contribution in [3.05, 3.63) is 51.8 Å². The number of nitrogens with zero attached hydrogens (tertiary/aromatic N) is 3. The molecule has 0 saturated heterocycles. The van der Waals surface area contributed by atoms with Gasteiger partial charge in [0.25, 0.3) is 11.8 Å². The molecule has 9 heteroatoms. The van der Waals surface area contributed by atoms with Gasteiger partial charge >= 0.3 is 5.97 Å². The maximum Gasteiger partial charge on any atom is 0.359 e. The Hall–Kier alpha value is -2.52. The number of hydrogen-bond acceptors (Lipinski definition) is 7. The van der Waals surface area contributed by atoms with E-state index in [0.717, 1.165) is 14.2 Å². The van der Waals surface area contributed by atoms with Gasteiger partial charge in [0.1, 0.15) is 0 Å². The normalized spacial score (nSPS) is 11.0. The highest BCUT2D eigenvalue weighted by Gasteiger charge is 2.17. The molecule has 1 aromatic carbocycles. The molecule has 0 bridgehead atoms. The number of rotatable bonds is 4. The van der Waals surface area contributed by atoms with Crippen LogP contribution in [0.15, 0.2) is 44.6 Å². The van der Waals surface area contributed by atoms with Crippen LogP contribution in [0.3, 0.4) is 0 Å². The third-order valence-corrected chi connectivity index (χ3v) is 4.85. The second-order valence-electron chi connectivity index (χ2n) is 4.80. The first kappa shape index (κ1) is 15.0. The Morgan fingerprint density at radius 3 is 2.96 bits per heavy atom. The Bertz CT molecular complexity index is 1020. The van der Waals surface area contributed by atoms with Crippen molar-refractivity contribution < 1.29 is 13.9 Å². The predicted octanol–water partition coefficient (Wildman–Crippen LogP) is 3.79. The van der Waals surface area contributed by atoms with E-state index in [9.17, 15) is 4.79 Å². The maximum absolute atomic E-state index is 12.2. The van der Waals surface area contributed by atoms with Crippen LogP contribution in [-0.4, -0.2) is 26.4 Å². The summed E-state index contributed by atoms with van der Waals surface area (Å²) < 4.78 is 11.7. The van der Waals surface area contributed by atoms with Crippen molar-refractivity contribution in [3.8, 4) is 10.8 Å². The molecule has 0 atom stereocenters.